The maximum absolute atomic E-state index is 13.8. The predicted molar refractivity (Wildman–Crippen MR) is 329 cm³/mol. The average Bonchev–Trinajstić information content (AvgIpc) is 0.876. The van der Waals surface area contributed by atoms with Gasteiger partial charge in [0, 0.05) is 106 Å². The van der Waals surface area contributed by atoms with Crippen LogP contribution in [0, 0.1) is 0 Å². The van der Waals surface area contributed by atoms with E-state index in [0.29, 0.717) is 96.3 Å². The minimum absolute atomic E-state index is 0.0866. The summed E-state index contributed by atoms with van der Waals surface area (Å²) in [6, 6.07) is -3.19. The van der Waals surface area contributed by atoms with Gasteiger partial charge in [0.25, 0.3) is 5.91 Å². The van der Waals surface area contributed by atoms with Gasteiger partial charge in [0.1, 0.15) is 73.1 Å². The van der Waals surface area contributed by atoms with Gasteiger partial charge in [-0.1, -0.05) is 38.5 Å². The number of carbonyl (C=O) groups excluding carboxylic acids is 7. The molecule has 16 N–H and O–H groups in total. The first-order valence-electron chi connectivity index (χ1n) is 32.5. The number of nitrogens with one attached hydrogen (secondary N) is 5. The van der Waals surface area contributed by atoms with E-state index in [1.807, 2.05) is 0 Å². The molecule has 0 bridgehead atoms. The summed E-state index contributed by atoms with van der Waals surface area (Å²) in [7, 11) is -4.05. The van der Waals surface area contributed by atoms with Gasteiger partial charge in [-0.05, 0) is 64.2 Å². The van der Waals surface area contributed by atoms with Gasteiger partial charge in [0.15, 0.2) is 25.0 Å². The van der Waals surface area contributed by atoms with Crippen molar-refractivity contribution in [3.63, 3.8) is 0 Å². The molecule has 7 amide bonds. The SMILES string of the molecule is CC(=O)NC1[C@H](OCCCCCCC(=O)NCCCN(CCCCN(CCCNC(=O)CCCCCCO[C@@H]2OC(CO)[C@H](O)[C@H](O)C2NC(C)=O)C(=O)C(O)COP(C)(=O)O)C(=O)CCCCCCO[C@@H]2OC(CO)[C@H](O)[C@H](O)C2NC(C)=O)OC(CO)[C@H](O)[C@@H]1O. The number of nitrogens with zero attached hydrogens (tertiary/aromatic N) is 2. The van der Waals surface area contributed by atoms with E-state index in [2.05, 4.69) is 26.6 Å². The third-order valence-corrected chi connectivity index (χ3v) is 16.5. The lowest BCUT2D eigenvalue weighted by Gasteiger charge is -2.42. The highest BCUT2D eigenvalue weighted by Crippen LogP contribution is 2.36. The zero-order valence-corrected chi connectivity index (χ0v) is 55.1. The van der Waals surface area contributed by atoms with Gasteiger partial charge in [0.2, 0.25) is 35.4 Å². The Morgan fingerprint density at radius 2 is 0.785 bits per heavy atom. The number of aliphatic hydroxyl groups excluding tert-OH is 10. The van der Waals surface area contributed by atoms with Crippen LogP contribution in [0.1, 0.15) is 143 Å². The fraction of sp³-hybridized carbons (Fsp3) is 0.881. The molecule has 0 aliphatic carbocycles. The topological polar surface area (TPSA) is 490 Å². The van der Waals surface area contributed by atoms with Crippen LogP contribution < -0.4 is 26.6 Å². The van der Waals surface area contributed by atoms with E-state index in [9.17, 15) is 94.1 Å². The first-order valence-corrected chi connectivity index (χ1v) is 34.5. The van der Waals surface area contributed by atoms with Gasteiger partial charge in [0.05, 0.1) is 26.4 Å². The average molecular weight is 1360 g/mol. The first-order chi connectivity index (χ1) is 44.2. The third kappa shape index (κ3) is 31.7. The van der Waals surface area contributed by atoms with Crippen LogP contribution in [-0.2, 0) is 71.1 Å². The van der Waals surface area contributed by atoms with E-state index >= 15 is 0 Å². The second-order valence-corrected chi connectivity index (χ2v) is 25.7. The summed E-state index contributed by atoms with van der Waals surface area (Å²) in [5.74, 6) is -2.76. The van der Waals surface area contributed by atoms with Gasteiger partial charge < -0.3 is 125 Å². The molecule has 0 aromatic carbocycles. The zero-order valence-electron chi connectivity index (χ0n) is 54.2. The van der Waals surface area contributed by atoms with Crippen LogP contribution in [0.25, 0.3) is 0 Å². The Morgan fingerprint density at radius 1 is 0.462 bits per heavy atom. The van der Waals surface area contributed by atoms with Crippen molar-refractivity contribution >= 4 is 48.9 Å². The highest BCUT2D eigenvalue weighted by Gasteiger charge is 2.48. The quantitative estimate of drug-likeness (QED) is 0.0206. The molecule has 3 fully saturated rings. The summed E-state index contributed by atoms with van der Waals surface area (Å²) in [5, 5.41) is 115. The molecular weight excluding hydrogens is 1250 g/mol. The van der Waals surface area contributed by atoms with Crippen molar-refractivity contribution in [2.24, 2.45) is 0 Å². The van der Waals surface area contributed by atoms with Gasteiger partial charge in [-0.25, -0.2) is 0 Å². The molecule has 0 aromatic rings. The highest BCUT2D eigenvalue weighted by molar-refractivity contribution is 7.51. The molecule has 8 unspecified atom stereocenters. The molecule has 34 heteroatoms. The first kappa shape index (κ1) is 83.0. The third-order valence-electron chi connectivity index (χ3n) is 15.9. The van der Waals surface area contributed by atoms with Crippen LogP contribution in [0.3, 0.4) is 0 Å². The molecule has 3 rings (SSSR count). The minimum atomic E-state index is -4.05. The number of amides is 7. The van der Waals surface area contributed by atoms with Gasteiger partial charge in [-0.15, -0.1) is 0 Å². The van der Waals surface area contributed by atoms with Crippen molar-refractivity contribution in [3.05, 3.63) is 0 Å². The van der Waals surface area contributed by atoms with Crippen LogP contribution in [-0.4, -0.2) is 297 Å². The molecule has 3 heterocycles. The number of aliphatic hydroxyl groups is 10. The number of unbranched alkanes of at least 4 members (excludes halogenated alkanes) is 10. The van der Waals surface area contributed by atoms with Crippen LogP contribution in [0.4, 0.5) is 0 Å². The maximum Gasteiger partial charge on any atom is 0.325 e. The lowest BCUT2D eigenvalue weighted by atomic mass is 9.97. The largest absolute Gasteiger partial charge is 0.394 e. The summed E-state index contributed by atoms with van der Waals surface area (Å²) in [6.07, 6.45) is -7.85. The molecule has 0 spiro atoms. The lowest BCUT2D eigenvalue weighted by molar-refractivity contribution is -0.270. The molecule has 0 saturated carbocycles. The summed E-state index contributed by atoms with van der Waals surface area (Å²) in [6.45, 7) is 3.88. The van der Waals surface area contributed by atoms with E-state index in [1.54, 1.807) is 4.90 Å². The van der Waals surface area contributed by atoms with Crippen LogP contribution in [0.5, 0.6) is 0 Å². The van der Waals surface area contributed by atoms with E-state index in [1.165, 1.54) is 25.7 Å². The monoisotopic (exact) mass is 1360 g/mol. The van der Waals surface area contributed by atoms with Crippen molar-refractivity contribution in [2.45, 2.75) is 241 Å². The zero-order chi connectivity index (χ0) is 69.0. The van der Waals surface area contributed by atoms with E-state index in [-0.39, 0.29) is 102 Å². The van der Waals surface area contributed by atoms with Crippen molar-refractivity contribution in [1.82, 2.24) is 36.4 Å². The molecule has 0 aromatic heterocycles. The summed E-state index contributed by atoms with van der Waals surface area (Å²) in [5.41, 5.74) is 0. The van der Waals surface area contributed by atoms with Gasteiger partial charge in [-0.3, -0.25) is 38.1 Å². The summed E-state index contributed by atoms with van der Waals surface area (Å²) >= 11 is 0. The molecule has 3 aliphatic heterocycles. The fourth-order valence-corrected chi connectivity index (χ4v) is 11.2. The van der Waals surface area contributed by atoms with Crippen LogP contribution in [0.15, 0.2) is 0 Å². The molecule has 93 heavy (non-hydrogen) atoms. The summed E-state index contributed by atoms with van der Waals surface area (Å²) in [4.78, 5) is 101. The Hall–Kier alpha value is -4.20. The molecule has 540 valence electrons. The summed E-state index contributed by atoms with van der Waals surface area (Å²) < 4.78 is 50.8. The smallest absolute Gasteiger partial charge is 0.325 e. The Balaban J connectivity index is 1.51. The number of ether oxygens (including phenoxy) is 6. The van der Waals surface area contributed by atoms with Crippen molar-refractivity contribution in [3.8, 4) is 0 Å². The Labute approximate surface area is 543 Å². The van der Waals surface area contributed by atoms with Crippen molar-refractivity contribution in [1.29, 1.82) is 0 Å². The number of carbonyl (C=O) groups is 7. The highest BCUT2D eigenvalue weighted by atomic mass is 31.2. The molecule has 0 radical (unpaired) electrons. The maximum atomic E-state index is 13.8. The second-order valence-electron chi connectivity index (χ2n) is 23.8. The van der Waals surface area contributed by atoms with Crippen LogP contribution >= 0.6 is 7.60 Å². The number of hydrogen-bond acceptors (Lipinski definition) is 25. The Kier molecular flexibility index (Phi) is 40.5. The van der Waals surface area contributed by atoms with E-state index in [4.69, 9.17) is 32.9 Å². The molecular formula is C59H108N7O26P. The molecule has 3 aliphatic rings. The van der Waals surface area contributed by atoms with Gasteiger partial charge in [-0.2, -0.15) is 0 Å². The Morgan fingerprint density at radius 3 is 1.13 bits per heavy atom. The van der Waals surface area contributed by atoms with E-state index in [0.717, 1.165) is 6.66 Å². The van der Waals surface area contributed by atoms with Crippen molar-refractivity contribution in [2.75, 3.05) is 92.2 Å². The Bertz CT molecular complexity index is 2250. The molecule has 17 atom stereocenters. The normalized spacial score (nSPS) is 27.3. The van der Waals surface area contributed by atoms with E-state index < -0.39 is 156 Å². The standard InChI is InChI=1S/C59H108N7O26P/c1-37(70)62-47-53(80)50(77)41(33-67)90-57(47)86-30-16-8-5-11-21-44(74)60-24-19-28-65(46(76)23-13-7-10-18-32-88-59-49(64-39(3)72)55(82)52(79)43(35-69)92-59)26-14-15-27-66(56(83)40(73)36-89-93(4,84)85)29-20-25-61-45(75)22-12-6-9-17-31-87-58-48(63-38(2)71)54(81)51(78)42(34-68)91-58/h40-43,47-55,57-59,67-69,73,77-82H,5-36H2,1-4H3,(H,60,74)(H,61,75)(H,62,70)(H,63,71)(H,64,72)(H,84,85)/t40?,41?,42?,43?,47?,48?,49?,50-,51-,52-,53+,54+,55+,57+,58+,59+/m0/s1. The van der Waals surface area contributed by atoms with Crippen LogP contribution in [0.2, 0.25) is 0 Å². The van der Waals surface area contributed by atoms with Crippen molar-refractivity contribution < 1.29 is 127 Å². The predicted octanol–water partition coefficient (Wildman–Crippen LogP) is -3.64. The molecule has 33 nitrogen and oxygen atoms in total. The number of rotatable bonds is 47. The van der Waals surface area contributed by atoms with Gasteiger partial charge >= 0.3 is 7.60 Å². The number of hydrogen-bond donors (Lipinski definition) is 16. The fourth-order valence-electron chi connectivity index (χ4n) is 10.8. The second kappa shape index (κ2) is 45.3. The minimum Gasteiger partial charge on any atom is -0.394 e. The molecule has 3 saturated heterocycles. The lowest BCUT2D eigenvalue weighted by Crippen LogP contribution is -2.64.